The van der Waals surface area contributed by atoms with Gasteiger partial charge in [-0.1, -0.05) is 79.7 Å². The molecule has 33 heavy (non-hydrogen) atoms. The van der Waals surface area contributed by atoms with E-state index in [9.17, 15) is 10.2 Å². The normalized spacial score (nSPS) is 14.6. The highest BCUT2D eigenvalue weighted by Crippen LogP contribution is 2.33. The summed E-state index contributed by atoms with van der Waals surface area (Å²) in [6.07, 6.45) is 0.452. The van der Waals surface area contributed by atoms with Gasteiger partial charge in [-0.3, -0.25) is 0 Å². The molecule has 0 saturated carbocycles. The van der Waals surface area contributed by atoms with Crippen LogP contribution in [0.2, 0.25) is 0 Å². The van der Waals surface area contributed by atoms with Gasteiger partial charge in [0, 0.05) is 5.41 Å². The number of hydrogen-bond donors (Lipinski definition) is 2. The van der Waals surface area contributed by atoms with Gasteiger partial charge in [-0.15, -0.1) is 0 Å². The molecule has 2 aromatic rings. The van der Waals surface area contributed by atoms with Crippen LogP contribution >= 0.6 is 0 Å². The molecule has 0 spiro atoms. The Morgan fingerprint density at radius 1 is 0.576 bits per heavy atom. The maximum Gasteiger partial charge on any atom is 0.119 e. The van der Waals surface area contributed by atoms with Crippen molar-refractivity contribution in [2.45, 2.75) is 85.9 Å². The molecule has 2 N–H and O–H groups in total. The first-order chi connectivity index (χ1) is 15.2. The first-order valence-corrected chi connectivity index (χ1v) is 12.0. The third-order valence-electron chi connectivity index (χ3n) is 5.73. The molecule has 0 saturated heterocycles. The van der Waals surface area contributed by atoms with Crippen LogP contribution in [0.15, 0.2) is 48.5 Å². The zero-order chi connectivity index (χ0) is 24.9. The summed E-state index contributed by atoms with van der Waals surface area (Å²) in [4.78, 5) is 0. The SMILES string of the molecule is CC(C)(C)CC(O)COc1ccc(C(C)(C)c2ccc(OCC(O)CC(C)(C)C)cc2)cc1. The standard InChI is InChI=1S/C29H44O4/c1-27(2,3)17-23(30)19-32-25-13-9-21(10-14-25)29(7,8)22-11-15-26(16-12-22)33-20-24(31)18-28(4,5)6/h9-16,23-24,30-31H,17-20H2,1-8H3. The molecule has 0 bridgehead atoms. The number of ether oxygens (including phenoxy) is 2. The van der Waals surface area contributed by atoms with E-state index in [1.165, 1.54) is 11.1 Å². The molecule has 2 atom stereocenters. The Morgan fingerprint density at radius 2 is 0.879 bits per heavy atom. The van der Waals surface area contributed by atoms with E-state index in [1.54, 1.807) is 0 Å². The van der Waals surface area contributed by atoms with Crippen LogP contribution in [0.5, 0.6) is 11.5 Å². The smallest absolute Gasteiger partial charge is 0.119 e. The van der Waals surface area contributed by atoms with Crippen LogP contribution in [0.4, 0.5) is 0 Å². The van der Waals surface area contributed by atoms with Crippen molar-refractivity contribution in [3.05, 3.63) is 59.7 Å². The lowest BCUT2D eigenvalue weighted by Crippen LogP contribution is -2.24. The largest absolute Gasteiger partial charge is 0.491 e. The van der Waals surface area contributed by atoms with Crippen LogP contribution in [-0.4, -0.2) is 35.6 Å². The van der Waals surface area contributed by atoms with E-state index in [0.717, 1.165) is 11.5 Å². The Hall–Kier alpha value is -2.04. The fourth-order valence-corrected chi connectivity index (χ4v) is 4.02. The second-order valence-electron chi connectivity index (χ2n) is 12.1. The maximum absolute atomic E-state index is 10.2. The van der Waals surface area contributed by atoms with Crippen molar-refractivity contribution in [2.24, 2.45) is 10.8 Å². The van der Waals surface area contributed by atoms with E-state index in [2.05, 4.69) is 79.7 Å². The Morgan fingerprint density at radius 3 is 1.15 bits per heavy atom. The van der Waals surface area contributed by atoms with E-state index in [4.69, 9.17) is 9.47 Å². The molecule has 184 valence electrons. The fourth-order valence-electron chi connectivity index (χ4n) is 4.02. The highest BCUT2D eigenvalue weighted by Gasteiger charge is 2.24. The van der Waals surface area contributed by atoms with Crippen LogP contribution in [0.25, 0.3) is 0 Å². The summed E-state index contributed by atoms with van der Waals surface area (Å²) in [5, 5.41) is 20.3. The average molecular weight is 457 g/mol. The van der Waals surface area contributed by atoms with Crippen molar-refractivity contribution in [1.82, 2.24) is 0 Å². The molecule has 0 fully saturated rings. The second-order valence-corrected chi connectivity index (χ2v) is 12.1. The number of aliphatic hydroxyl groups excluding tert-OH is 2. The maximum atomic E-state index is 10.2. The first kappa shape index (κ1) is 27.2. The highest BCUT2D eigenvalue weighted by molar-refractivity contribution is 5.41. The molecule has 0 amide bonds. The van der Waals surface area contributed by atoms with Gasteiger partial charge in [0.1, 0.15) is 24.7 Å². The van der Waals surface area contributed by atoms with Crippen LogP contribution < -0.4 is 9.47 Å². The van der Waals surface area contributed by atoms with E-state index in [0.29, 0.717) is 26.1 Å². The van der Waals surface area contributed by atoms with E-state index >= 15 is 0 Å². The van der Waals surface area contributed by atoms with Crippen molar-refractivity contribution in [1.29, 1.82) is 0 Å². The monoisotopic (exact) mass is 456 g/mol. The number of rotatable bonds is 10. The van der Waals surface area contributed by atoms with Crippen molar-refractivity contribution in [3.63, 3.8) is 0 Å². The van der Waals surface area contributed by atoms with Crippen LogP contribution in [0.3, 0.4) is 0 Å². The fraction of sp³-hybridized carbons (Fsp3) is 0.586. The predicted octanol–water partition coefficient (Wildman–Crippen LogP) is 6.36. The molecule has 4 nitrogen and oxygen atoms in total. The van der Waals surface area contributed by atoms with Crippen LogP contribution in [0.1, 0.15) is 79.4 Å². The molecule has 2 unspecified atom stereocenters. The van der Waals surface area contributed by atoms with Crippen molar-refractivity contribution >= 4 is 0 Å². The van der Waals surface area contributed by atoms with Gasteiger partial charge in [-0.05, 0) is 59.1 Å². The molecular formula is C29H44O4. The molecular weight excluding hydrogens is 412 g/mol. The van der Waals surface area contributed by atoms with Gasteiger partial charge in [-0.25, -0.2) is 0 Å². The summed E-state index contributed by atoms with van der Waals surface area (Å²) < 4.78 is 11.6. The van der Waals surface area contributed by atoms with Crippen LogP contribution in [0, 0.1) is 10.8 Å². The van der Waals surface area contributed by atoms with Crippen molar-refractivity contribution < 1.29 is 19.7 Å². The lowest BCUT2D eigenvalue weighted by Gasteiger charge is -2.27. The number of benzene rings is 2. The third kappa shape index (κ3) is 9.38. The third-order valence-corrected chi connectivity index (χ3v) is 5.73. The highest BCUT2D eigenvalue weighted by atomic mass is 16.5. The minimum Gasteiger partial charge on any atom is -0.491 e. The van der Waals surface area contributed by atoms with Gasteiger partial charge in [-0.2, -0.15) is 0 Å². The number of aliphatic hydroxyl groups is 2. The summed E-state index contributed by atoms with van der Waals surface area (Å²) in [6, 6.07) is 16.2. The van der Waals surface area contributed by atoms with Gasteiger partial charge in [0.15, 0.2) is 0 Å². The quantitative estimate of drug-likeness (QED) is 0.436. The zero-order valence-electron chi connectivity index (χ0n) is 21.8. The number of hydrogen-bond acceptors (Lipinski definition) is 4. The van der Waals surface area contributed by atoms with Crippen molar-refractivity contribution in [2.75, 3.05) is 13.2 Å². The topological polar surface area (TPSA) is 58.9 Å². The van der Waals surface area contributed by atoms with E-state index in [-0.39, 0.29) is 16.2 Å². The predicted molar refractivity (Wildman–Crippen MR) is 136 cm³/mol. The molecule has 0 aromatic heterocycles. The van der Waals surface area contributed by atoms with Gasteiger partial charge < -0.3 is 19.7 Å². The molecule has 0 radical (unpaired) electrons. The van der Waals surface area contributed by atoms with Gasteiger partial charge >= 0.3 is 0 Å². The minimum atomic E-state index is -0.476. The van der Waals surface area contributed by atoms with Crippen LogP contribution in [-0.2, 0) is 5.41 Å². The lowest BCUT2D eigenvalue weighted by atomic mass is 9.78. The Kier molecular flexibility index (Phi) is 9.01. The summed E-state index contributed by atoms with van der Waals surface area (Å²) in [6.45, 7) is 17.7. The second kappa shape index (κ2) is 10.9. The van der Waals surface area contributed by atoms with Gasteiger partial charge in [0.05, 0.1) is 12.2 Å². The van der Waals surface area contributed by atoms with Crippen molar-refractivity contribution in [3.8, 4) is 11.5 Å². The van der Waals surface area contributed by atoms with Gasteiger partial charge in [0.25, 0.3) is 0 Å². The van der Waals surface area contributed by atoms with E-state index < -0.39 is 12.2 Å². The summed E-state index contributed by atoms with van der Waals surface area (Å²) >= 11 is 0. The Labute approximate surface area is 201 Å². The summed E-state index contributed by atoms with van der Waals surface area (Å²) in [7, 11) is 0. The molecule has 4 heteroatoms. The summed E-state index contributed by atoms with van der Waals surface area (Å²) in [5.74, 6) is 1.53. The zero-order valence-corrected chi connectivity index (χ0v) is 21.8. The average Bonchev–Trinajstić information content (AvgIpc) is 2.69. The molecule has 0 aliphatic heterocycles. The molecule has 0 heterocycles. The van der Waals surface area contributed by atoms with E-state index in [1.807, 2.05) is 24.3 Å². The summed E-state index contributed by atoms with van der Waals surface area (Å²) in [5.41, 5.74) is 2.32. The molecule has 2 aromatic carbocycles. The molecule has 2 rings (SSSR count). The minimum absolute atomic E-state index is 0.0729. The first-order valence-electron chi connectivity index (χ1n) is 12.0. The molecule has 0 aliphatic carbocycles. The van der Waals surface area contributed by atoms with Gasteiger partial charge in [0.2, 0.25) is 0 Å². The molecule has 0 aliphatic rings. The Balaban J connectivity index is 1.96. The Bertz CT molecular complexity index is 768. The lowest BCUT2D eigenvalue weighted by molar-refractivity contribution is 0.0708.